The van der Waals surface area contributed by atoms with Crippen molar-refractivity contribution in [3.05, 3.63) is 51.6 Å². The van der Waals surface area contributed by atoms with Gasteiger partial charge in [0.2, 0.25) is 0 Å². The van der Waals surface area contributed by atoms with E-state index in [1.54, 1.807) is 12.1 Å². The summed E-state index contributed by atoms with van der Waals surface area (Å²) in [7, 11) is 0. The number of carbonyl (C=O) groups is 1. The number of nitrogens with zero attached hydrogens (tertiary/aromatic N) is 1. The summed E-state index contributed by atoms with van der Waals surface area (Å²) in [4.78, 5) is 16.4. The van der Waals surface area contributed by atoms with Crippen LogP contribution in [0.15, 0.2) is 30.3 Å². The predicted octanol–water partition coefficient (Wildman–Crippen LogP) is 4.38. The van der Waals surface area contributed by atoms with Crippen molar-refractivity contribution in [2.45, 2.75) is 13.8 Å². The summed E-state index contributed by atoms with van der Waals surface area (Å²) >= 11 is 12.0. The molecule has 21 heavy (non-hydrogen) atoms. The van der Waals surface area contributed by atoms with Crippen LogP contribution in [0.4, 0.5) is 11.5 Å². The molecule has 0 radical (unpaired) electrons. The normalized spacial score (nSPS) is 10.3. The second-order valence-corrected chi connectivity index (χ2v) is 5.27. The molecule has 0 aliphatic heterocycles. The molecule has 0 saturated carbocycles. The fourth-order valence-electron chi connectivity index (χ4n) is 1.88. The van der Waals surface area contributed by atoms with Crippen molar-refractivity contribution in [3.8, 4) is 0 Å². The van der Waals surface area contributed by atoms with Crippen LogP contribution in [0, 0.1) is 6.92 Å². The molecule has 2 N–H and O–H groups in total. The summed E-state index contributed by atoms with van der Waals surface area (Å²) in [6, 6.07) is 8.61. The largest absolute Gasteiger partial charge is 0.370 e. The Bertz CT molecular complexity index is 654. The monoisotopic (exact) mass is 323 g/mol. The van der Waals surface area contributed by atoms with Gasteiger partial charge in [-0.05, 0) is 37.6 Å². The van der Waals surface area contributed by atoms with Gasteiger partial charge in [0.1, 0.15) is 11.0 Å². The van der Waals surface area contributed by atoms with Crippen LogP contribution < -0.4 is 10.6 Å². The number of rotatable bonds is 4. The van der Waals surface area contributed by atoms with Gasteiger partial charge in [0.15, 0.2) is 0 Å². The van der Waals surface area contributed by atoms with Gasteiger partial charge in [-0.3, -0.25) is 4.79 Å². The Kier molecular flexibility index (Phi) is 5.04. The van der Waals surface area contributed by atoms with Crippen LogP contribution in [0.5, 0.6) is 0 Å². The topological polar surface area (TPSA) is 54.0 Å². The number of hydrogen-bond donors (Lipinski definition) is 2. The molecule has 0 bridgehead atoms. The molecule has 0 saturated heterocycles. The van der Waals surface area contributed by atoms with Crippen LogP contribution in [-0.4, -0.2) is 17.4 Å². The van der Waals surface area contributed by atoms with Gasteiger partial charge >= 0.3 is 0 Å². The fraction of sp³-hybridized carbons (Fsp3) is 0.200. The molecular formula is C15H15Cl2N3O. The minimum Gasteiger partial charge on any atom is -0.370 e. The van der Waals surface area contributed by atoms with Crippen molar-refractivity contribution in [2.75, 3.05) is 17.2 Å². The van der Waals surface area contributed by atoms with E-state index >= 15 is 0 Å². The highest BCUT2D eigenvalue weighted by molar-refractivity contribution is 6.34. The lowest BCUT2D eigenvalue weighted by atomic mass is 10.2. The Morgan fingerprint density at radius 2 is 2.05 bits per heavy atom. The number of aryl methyl sites for hydroxylation is 1. The molecule has 1 amide bonds. The molecule has 6 heteroatoms. The van der Waals surface area contributed by atoms with E-state index in [2.05, 4.69) is 15.6 Å². The molecule has 1 aromatic carbocycles. The maximum absolute atomic E-state index is 12.3. The third kappa shape index (κ3) is 3.86. The van der Waals surface area contributed by atoms with E-state index in [1.807, 2.05) is 26.0 Å². The van der Waals surface area contributed by atoms with Crippen molar-refractivity contribution in [2.24, 2.45) is 0 Å². The maximum Gasteiger partial charge on any atom is 0.255 e. The Labute approximate surface area is 133 Å². The van der Waals surface area contributed by atoms with Crippen LogP contribution in [0.2, 0.25) is 10.2 Å². The highest BCUT2D eigenvalue weighted by atomic mass is 35.5. The van der Waals surface area contributed by atoms with Crippen LogP contribution in [0.25, 0.3) is 0 Å². The van der Waals surface area contributed by atoms with Crippen molar-refractivity contribution < 1.29 is 4.79 Å². The van der Waals surface area contributed by atoms with E-state index in [0.29, 0.717) is 28.6 Å². The molecule has 0 spiro atoms. The summed E-state index contributed by atoms with van der Waals surface area (Å²) in [5, 5.41) is 6.59. The Balaban J connectivity index is 2.28. The number of nitrogens with one attached hydrogen (secondary N) is 2. The average molecular weight is 324 g/mol. The molecule has 1 aromatic heterocycles. The first-order valence-electron chi connectivity index (χ1n) is 6.49. The number of aromatic nitrogens is 1. The van der Waals surface area contributed by atoms with Gasteiger partial charge in [0, 0.05) is 12.1 Å². The molecule has 1 heterocycles. The van der Waals surface area contributed by atoms with Crippen LogP contribution in [0.3, 0.4) is 0 Å². The van der Waals surface area contributed by atoms with E-state index in [-0.39, 0.29) is 11.1 Å². The first kappa shape index (κ1) is 15.6. The summed E-state index contributed by atoms with van der Waals surface area (Å²) < 4.78 is 0. The number of benzene rings is 1. The number of carbonyl (C=O) groups excluding carboxylic acids is 1. The summed E-state index contributed by atoms with van der Waals surface area (Å²) in [5.74, 6) is 0.278. The quantitative estimate of drug-likeness (QED) is 0.821. The van der Waals surface area contributed by atoms with Gasteiger partial charge in [-0.15, -0.1) is 0 Å². The van der Waals surface area contributed by atoms with Crippen molar-refractivity contribution in [1.82, 2.24) is 4.98 Å². The second kappa shape index (κ2) is 6.78. The van der Waals surface area contributed by atoms with Crippen molar-refractivity contribution in [1.29, 1.82) is 0 Å². The van der Waals surface area contributed by atoms with Crippen molar-refractivity contribution >= 4 is 40.6 Å². The summed E-state index contributed by atoms with van der Waals surface area (Å²) in [5.41, 5.74) is 1.91. The number of halogens is 2. The maximum atomic E-state index is 12.3. The Hall–Kier alpha value is -1.78. The lowest BCUT2D eigenvalue weighted by molar-refractivity contribution is 0.102. The predicted molar refractivity (Wildman–Crippen MR) is 87.6 cm³/mol. The lowest BCUT2D eigenvalue weighted by Gasteiger charge is -2.11. The number of pyridine rings is 1. The molecule has 0 fully saturated rings. The van der Waals surface area contributed by atoms with E-state index in [0.717, 1.165) is 5.56 Å². The van der Waals surface area contributed by atoms with Gasteiger partial charge in [0.25, 0.3) is 5.91 Å². The first-order valence-corrected chi connectivity index (χ1v) is 7.24. The Morgan fingerprint density at radius 3 is 2.71 bits per heavy atom. The molecular weight excluding hydrogens is 309 g/mol. The van der Waals surface area contributed by atoms with Gasteiger partial charge in [-0.25, -0.2) is 4.98 Å². The number of amides is 1. The number of anilines is 2. The molecule has 0 atom stereocenters. The van der Waals surface area contributed by atoms with Gasteiger partial charge in [0.05, 0.1) is 10.7 Å². The highest BCUT2D eigenvalue weighted by Gasteiger charge is 2.12. The third-order valence-electron chi connectivity index (χ3n) is 2.87. The molecule has 4 nitrogen and oxygen atoms in total. The highest BCUT2D eigenvalue weighted by Crippen LogP contribution is 2.26. The van der Waals surface area contributed by atoms with E-state index in [1.165, 1.54) is 6.07 Å². The third-order valence-corrected chi connectivity index (χ3v) is 3.38. The second-order valence-electron chi connectivity index (χ2n) is 4.48. The molecule has 2 aromatic rings. The zero-order valence-corrected chi connectivity index (χ0v) is 13.2. The van der Waals surface area contributed by atoms with Crippen LogP contribution in [-0.2, 0) is 0 Å². The minimum absolute atomic E-state index is 0.259. The standard InChI is InChI=1S/C15H15Cl2N3O/c1-3-18-13-8-10(7-12(17)19-13)15(21)20-14-9(2)5-4-6-11(14)16/h4-8H,3H2,1-2H3,(H,18,19)(H,20,21). The van der Waals surface area contributed by atoms with Gasteiger partial charge in [-0.1, -0.05) is 35.3 Å². The van der Waals surface area contributed by atoms with E-state index in [4.69, 9.17) is 23.2 Å². The molecule has 0 aliphatic rings. The smallest absolute Gasteiger partial charge is 0.255 e. The van der Waals surface area contributed by atoms with E-state index in [9.17, 15) is 4.79 Å². The van der Waals surface area contributed by atoms with Gasteiger partial charge in [-0.2, -0.15) is 0 Å². The number of hydrogen-bond acceptors (Lipinski definition) is 3. The lowest BCUT2D eigenvalue weighted by Crippen LogP contribution is -2.14. The fourth-order valence-corrected chi connectivity index (χ4v) is 2.35. The summed E-state index contributed by atoms with van der Waals surface area (Å²) in [6.07, 6.45) is 0. The Morgan fingerprint density at radius 1 is 1.29 bits per heavy atom. The zero-order chi connectivity index (χ0) is 15.4. The molecule has 0 aliphatic carbocycles. The van der Waals surface area contributed by atoms with Gasteiger partial charge < -0.3 is 10.6 Å². The summed E-state index contributed by atoms with van der Waals surface area (Å²) in [6.45, 7) is 4.51. The molecule has 2 rings (SSSR count). The first-order chi connectivity index (χ1) is 10.0. The number of para-hydroxylation sites is 1. The molecule has 110 valence electrons. The SMILES string of the molecule is CCNc1cc(C(=O)Nc2c(C)cccc2Cl)cc(Cl)n1. The zero-order valence-electron chi connectivity index (χ0n) is 11.7. The average Bonchev–Trinajstić information content (AvgIpc) is 2.42. The van der Waals surface area contributed by atoms with Crippen molar-refractivity contribution in [3.63, 3.8) is 0 Å². The van der Waals surface area contributed by atoms with Crippen LogP contribution in [0.1, 0.15) is 22.8 Å². The molecule has 0 unspecified atom stereocenters. The van der Waals surface area contributed by atoms with E-state index < -0.39 is 0 Å². The van der Waals surface area contributed by atoms with Crippen LogP contribution >= 0.6 is 23.2 Å². The minimum atomic E-state index is -0.283.